The highest BCUT2D eigenvalue weighted by atomic mass is 19.4. The average Bonchev–Trinajstić information content (AvgIpc) is 3.09. The predicted octanol–water partition coefficient (Wildman–Crippen LogP) is 5.16. The minimum Gasteiger partial charge on any atom is -0.460 e. The maximum absolute atomic E-state index is 12.9. The lowest BCUT2D eigenvalue weighted by Crippen LogP contribution is -2.28. The standard InChI is InChI=1S/C21H24F3NO4/c1-20(2,3)29-18(26)9-6-12-25(4)19(27)17-11-10-16(28-17)14-7-5-8-15(13-14)21(22,23)24/h5,7-8,10-11,13H,6,9,12H2,1-4H3. The molecule has 0 aliphatic heterocycles. The van der Waals surface area contributed by atoms with Crippen LogP contribution in [0.5, 0.6) is 0 Å². The minimum atomic E-state index is -4.46. The smallest absolute Gasteiger partial charge is 0.416 e. The summed E-state index contributed by atoms with van der Waals surface area (Å²) in [5.41, 5.74) is -1.13. The molecule has 0 saturated heterocycles. The summed E-state index contributed by atoms with van der Waals surface area (Å²) < 4.78 is 49.3. The summed E-state index contributed by atoms with van der Waals surface area (Å²) in [6, 6.07) is 7.58. The zero-order valence-corrected chi connectivity index (χ0v) is 16.8. The van der Waals surface area contributed by atoms with Crippen molar-refractivity contribution in [2.45, 2.75) is 45.4 Å². The fourth-order valence-corrected chi connectivity index (χ4v) is 2.60. The Morgan fingerprint density at radius 2 is 1.79 bits per heavy atom. The van der Waals surface area contributed by atoms with E-state index < -0.39 is 23.2 Å². The molecule has 1 heterocycles. The first-order valence-electron chi connectivity index (χ1n) is 9.11. The van der Waals surface area contributed by atoms with Gasteiger partial charge in [0.1, 0.15) is 11.4 Å². The van der Waals surface area contributed by atoms with Crippen molar-refractivity contribution in [3.63, 3.8) is 0 Å². The fourth-order valence-electron chi connectivity index (χ4n) is 2.60. The van der Waals surface area contributed by atoms with Crippen molar-refractivity contribution in [1.82, 2.24) is 4.90 Å². The molecule has 5 nitrogen and oxygen atoms in total. The molecule has 0 unspecified atom stereocenters. The predicted molar refractivity (Wildman–Crippen MR) is 101 cm³/mol. The van der Waals surface area contributed by atoms with E-state index in [9.17, 15) is 22.8 Å². The van der Waals surface area contributed by atoms with Crippen LogP contribution in [0.15, 0.2) is 40.8 Å². The van der Waals surface area contributed by atoms with Gasteiger partial charge in [0.2, 0.25) is 0 Å². The van der Waals surface area contributed by atoms with Gasteiger partial charge in [0.25, 0.3) is 5.91 Å². The van der Waals surface area contributed by atoms with Crippen LogP contribution >= 0.6 is 0 Å². The Hall–Kier alpha value is -2.77. The number of halogens is 3. The number of furan rings is 1. The van der Waals surface area contributed by atoms with Gasteiger partial charge in [0.15, 0.2) is 5.76 Å². The van der Waals surface area contributed by atoms with Gasteiger partial charge in [0, 0.05) is 25.6 Å². The number of hydrogen-bond donors (Lipinski definition) is 0. The molecule has 158 valence electrons. The molecule has 0 saturated carbocycles. The molecule has 2 aromatic rings. The molecule has 0 radical (unpaired) electrons. The van der Waals surface area contributed by atoms with Crippen molar-refractivity contribution in [2.75, 3.05) is 13.6 Å². The largest absolute Gasteiger partial charge is 0.460 e. The van der Waals surface area contributed by atoms with Gasteiger partial charge >= 0.3 is 12.1 Å². The summed E-state index contributed by atoms with van der Waals surface area (Å²) in [5.74, 6) is -0.589. The second-order valence-electron chi connectivity index (χ2n) is 7.66. The summed E-state index contributed by atoms with van der Waals surface area (Å²) in [6.45, 7) is 5.63. The topological polar surface area (TPSA) is 59.8 Å². The highest BCUT2D eigenvalue weighted by Crippen LogP contribution is 2.32. The van der Waals surface area contributed by atoms with Crippen LogP contribution in [0.2, 0.25) is 0 Å². The lowest BCUT2D eigenvalue weighted by molar-refractivity contribution is -0.155. The molecule has 0 N–H and O–H groups in total. The Bertz CT molecular complexity index is 865. The lowest BCUT2D eigenvalue weighted by Gasteiger charge is -2.20. The number of alkyl halides is 3. The number of esters is 1. The van der Waals surface area contributed by atoms with Gasteiger partial charge in [-0.1, -0.05) is 12.1 Å². The quantitative estimate of drug-likeness (QED) is 0.616. The third-order valence-electron chi connectivity index (χ3n) is 3.93. The van der Waals surface area contributed by atoms with Gasteiger partial charge in [-0.2, -0.15) is 13.2 Å². The molecule has 1 aromatic carbocycles. The zero-order valence-electron chi connectivity index (χ0n) is 16.8. The van der Waals surface area contributed by atoms with Crippen LogP contribution in [0.3, 0.4) is 0 Å². The van der Waals surface area contributed by atoms with E-state index in [1.54, 1.807) is 27.8 Å². The Morgan fingerprint density at radius 1 is 1.10 bits per heavy atom. The number of nitrogens with zero attached hydrogens (tertiary/aromatic N) is 1. The van der Waals surface area contributed by atoms with Crippen LogP contribution in [0, 0.1) is 0 Å². The second kappa shape index (κ2) is 8.71. The molecule has 1 amide bonds. The van der Waals surface area contributed by atoms with Gasteiger partial charge in [-0.15, -0.1) is 0 Å². The number of hydrogen-bond acceptors (Lipinski definition) is 4. The molecule has 0 fully saturated rings. The zero-order chi connectivity index (χ0) is 21.8. The third kappa shape index (κ3) is 6.66. The van der Waals surface area contributed by atoms with Gasteiger partial charge in [0.05, 0.1) is 5.56 Å². The molecule has 1 aromatic heterocycles. The Morgan fingerprint density at radius 3 is 2.41 bits per heavy atom. The van der Waals surface area contributed by atoms with E-state index in [2.05, 4.69) is 0 Å². The van der Waals surface area contributed by atoms with Crippen molar-refractivity contribution in [3.8, 4) is 11.3 Å². The molecular weight excluding hydrogens is 387 g/mol. The molecule has 29 heavy (non-hydrogen) atoms. The van der Waals surface area contributed by atoms with E-state index in [1.165, 1.54) is 29.2 Å². The van der Waals surface area contributed by atoms with Gasteiger partial charge in [-0.05, 0) is 51.5 Å². The molecule has 0 aliphatic rings. The molecule has 0 spiro atoms. The van der Waals surface area contributed by atoms with E-state index in [4.69, 9.17) is 9.15 Å². The summed E-state index contributed by atoms with van der Waals surface area (Å²) in [4.78, 5) is 25.6. The van der Waals surface area contributed by atoms with Crippen LogP contribution in [0.25, 0.3) is 11.3 Å². The number of ether oxygens (including phenoxy) is 1. The SMILES string of the molecule is CN(CCCC(=O)OC(C)(C)C)C(=O)c1ccc(-c2cccc(C(F)(F)F)c2)o1. The van der Waals surface area contributed by atoms with E-state index in [0.717, 1.165) is 12.1 Å². The molecule has 8 heteroatoms. The van der Waals surface area contributed by atoms with Gasteiger partial charge in [-0.3, -0.25) is 9.59 Å². The van der Waals surface area contributed by atoms with Crippen LogP contribution in [-0.4, -0.2) is 36.0 Å². The summed E-state index contributed by atoms with van der Waals surface area (Å²) in [5, 5.41) is 0. The van der Waals surface area contributed by atoms with E-state index in [0.29, 0.717) is 13.0 Å². The van der Waals surface area contributed by atoms with Crippen molar-refractivity contribution < 1.29 is 31.9 Å². The molecule has 0 bridgehead atoms. The minimum absolute atomic E-state index is 0.0113. The van der Waals surface area contributed by atoms with E-state index >= 15 is 0 Å². The van der Waals surface area contributed by atoms with Gasteiger partial charge in [-0.25, -0.2) is 0 Å². The maximum atomic E-state index is 12.9. The van der Waals surface area contributed by atoms with Crippen molar-refractivity contribution in [2.24, 2.45) is 0 Å². The van der Waals surface area contributed by atoms with Gasteiger partial charge < -0.3 is 14.1 Å². The Balaban J connectivity index is 1.98. The second-order valence-corrected chi connectivity index (χ2v) is 7.66. The first kappa shape index (κ1) is 22.5. The maximum Gasteiger partial charge on any atom is 0.416 e. The van der Waals surface area contributed by atoms with Crippen molar-refractivity contribution in [3.05, 3.63) is 47.7 Å². The van der Waals surface area contributed by atoms with Crippen LogP contribution < -0.4 is 0 Å². The molecule has 0 aliphatic carbocycles. The highest BCUT2D eigenvalue weighted by molar-refractivity contribution is 5.92. The Kier molecular flexibility index (Phi) is 6.77. The number of rotatable bonds is 6. The number of carbonyl (C=O) groups excluding carboxylic acids is 2. The lowest BCUT2D eigenvalue weighted by atomic mass is 10.1. The first-order chi connectivity index (χ1) is 13.4. The first-order valence-corrected chi connectivity index (χ1v) is 9.11. The fraction of sp³-hybridized carbons (Fsp3) is 0.429. The van der Waals surface area contributed by atoms with Crippen molar-refractivity contribution >= 4 is 11.9 Å². The normalized spacial score (nSPS) is 12.0. The van der Waals surface area contributed by atoms with Crippen LogP contribution in [0.4, 0.5) is 13.2 Å². The summed E-state index contributed by atoms with van der Waals surface area (Å²) >= 11 is 0. The summed E-state index contributed by atoms with van der Waals surface area (Å²) in [7, 11) is 1.56. The molecule has 2 rings (SSSR count). The molecular formula is C21H24F3NO4. The third-order valence-corrected chi connectivity index (χ3v) is 3.93. The van der Waals surface area contributed by atoms with Crippen LogP contribution in [0.1, 0.15) is 49.7 Å². The van der Waals surface area contributed by atoms with Crippen LogP contribution in [-0.2, 0) is 15.7 Å². The van der Waals surface area contributed by atoms with E-state index in [1.807, 2.05) is 0 Å². The number of carbonyl (C=O) groups is 2. The highest BCUT2D eigenvalue weighted by Gasteiger charge is 2.30. The monoisotopic (exact) mass is 411 g/mol. The number of amides is 1. The number of benzene rings is 1. The van der Waals surface area contributed by atoms with Crippen molar-refractivity contribution in [1.29, 1.82) is 0 Å². The Labute approximate surface area is 167 Å². The van der Waals surface area contributed by atoms with E-state index in [-0.39, 0.29) is 29.5 Å². The molecule has 0 atom stereocenters. The average molecular weight is 411 g/mol. The summed E-state index contributed by atoms with van der Waals surface area (Å²) in [6.07, 6.45) is -3.88.